The largest absolute Gasteiger partial charge is 0.490 e. The summed E-state index contributed by atoms with van der Waals surface area (Å²) in [6.45, 7) is 5.03. The third kappa shape index (κ3) is 3.80. The Kier molecular flexibility index (Phi) is 4.61. The second kappa shape index (κ2) is 7.19. The molecule has 0 radical (unpaired) electrons. The van der Waals surface area contributed by atoms with Crippen LogP contribution in [0.4, 0.5) is 0 Å². The molecule has 3 aromatic rings. The van der Waals surface area contributed by atoms with Crippen molar-refractivity contribution in [2.75, 3.05) is 13.1 Å². The molecule has 128 valence electrons. The summed E-state index contributed by atoms with van der Waals surface area (Å²) in [7, 11) is 0. The van der Waals surface area contributed by atoms with Gasteiger partial charge in [0.2, 0.25) is 0 Å². The van der Waals surface area contributed by atoms with Crippen molar-refractivity contribution < 1.29 is 4.74 Å². The molecule has 1 aliphatic heterocycles. The van der Waals surface area contributed by atoms with E-state index in [1.807, 2.05) is 37.4 Å². The third-order valence-corrected chi connectivity index (χ3v) is 4.75. The summed E-state index contributed by atoms with van der Waals surface area (Å²) in [6.07, 6.45) is 4.22. The van der Waals surface area contributed by atoms with Gasteiger partial charge in [0.05, 0.1) is 11.2 Å². The first-order valence-corrected chi connectivity index (χ1v) is 8.93. The van der Waals surface area contributed by atoms with Crippen LogP contribution in [0.1, 0.15) is 24.2 Å². The van der Waals surface area contributed by atoms with Gasteiger partial charge in [0.1, 0.15) is 11.9 Å². The molecule has 0 aliphatic carbocycles. The van der Waals surface area contributed by atoms with Crippen LogP contribution >= 0.6 is 0 Å². The molecule has 4 rings (SSSR count). The van der Waals surface area contributed by atoms with Gasteiger partial charge < -0.3 is 4.74 Å². The fourth-order valence-electron chi connectivity index (χ4n) is 3.45. The van der Waals surface area contributed by atoms with E-state index in [-0.39, 0.29) is 6.10 Å². The van der Waals surface area contributed by atoms with E-state index in [0.29, 0.717) is 0 Å². The maximum atomic E-state index is 6.37. The normalized spacial score (nSPS) is 16.2. The first kappa shape index (κ1) is 16.0. The summed E-state index contributed by atoms with van der Waals surface area (Å²) in [5.41, 5.74) is 3.14. The Labute approximate surface area is 148 Å². The van der Waals surface area contributed by atoms with Crippen LogP contribution < -0.4 is 4.74 Å². The van der Waals surface area contributed by atoms with Crippen molar-refractivity contribution in [3.8, 4) is 5.75 Å². The number of rotatable bonds is 4. The molecule has 0 N–H and O–H groups in total. The van der Waals surface area contributed by atoms with Crippen LogP contribution in [0.5, 0.6) is 5.75 Å². The van der Waals surface area contributed by atoms with Crippen molar-refractivity contribution in [1.29, 1.82) is 0 Å². The van der Waals surface area contributed by atoms with Crippen LogP contribution in [0.25, 0.3) is 10.9 Å². The van der Waals surface area contributed by atoms with Crippen LogP contribution in [-0.4, -0.2) is 34.1 Å². The Bertz CT molecular complexity index is 842. The Morgan fingerprint density at radius 2 is 1.88 bits per heavy atom. The molecule has 0 unspecified atom stereocenters. The third-order valence-electron chi connectivity index (χ3n) is 4.75. The highest BCUT2D eigenvalue weighted by Gasteiger charge is 2.21. The minimum atomic E-state index is 0.269. The van der Waals surface area contributed by atoms with Gasteiger partial charge in [0.15, 0.2) is 0 Å². The maximum Gasteiger partial charge on any atom is 0.130 e. The number of hydrogen-bond acceptors (Lipinski definition) is 4. The molecule has 1 fully saturated rings. The highest BCUT2D eigenvalue weighted by Crippen LogP contribution is 2.28. The van der Waals surface area contributed by atoms with E-state index in [1.165, 1.54) is 0 Å². The van der Waals surface area contributed by atoms with Gasteiger partial charge >= 0.3 is 0 Å². The van der Waals surface area contributed by atoms with Crippen molar-refractivity contribution in [2.45, 2.75) is 32.4 Å². The van der Waals surface area contributed by atoms with Crippen LogP contribution in [-0.2, 0) is 6.54 Å². The molecule has 3 heterocycles. The number of piperidine rings is 1. The summed E-state index contributed by atoms with van der Waals surface area (Å²) in [6, 6.07) is 16.4. The van der Waals surface area contributed by atoms with E-state index < -0.39 is 0 Å². The van der Waals surface area contributed by atoms with Crippen molar-refractivity contribution in [2.24, 2.45) is 0 Å². The molecule has 0 bridgehead atoms. The molecule has 0 spiro atoms. The second-order valence-electron chi connectivity index (χ2n) is 6.69. The van der Waals surface area contributed by atoms with Gasteiger partial charge in [-0.3, -0.25) is 14.9 Å². The number of likely N-dealkylation sites (tertiary alicyclic amines) is 1. The summed E-state index contributed by atoms with van der Waals surface area (Å²) in [5.74, 6) is 0.964. The molecule has 0 atom stereocenters. The van der Waals surface area contributed by atoms with Crippen molar-refractivity contribution >= 4 is 10.9 Å². The minimum Gasteiger partial charge on any atom is -0.490 e. The van der Waals surface area contributed by atoms with E-state index in [9.17, 15) is 0 Å². The fraction of sp³-hybridized carbons (Fsp3) is 0.333. The zero-order valence-corrected chi connectivity index (χ0v) is 14.6. The smallest absolute Gasteiger partial charge is 0.130 e. The topological polar surface area (TPSA) is 38.2 Å². The quantitative estimate of drug-likeness (QED) is 0.724. The van der Waals surface area contributed by atoms with Gasteiger partial charge in [-0.25, -0.2) is 0 Å². The van der Waals surface area contributed by atoms with E-state index in [2.05, 4.69) is 39.1 Å². The number of aryl methyl sites for hydroxylation is 1. The number of aromatic nitrogens is 2. The number of ether oxygens (including phenoxy) is 1. The van der Waals surface area contributed by atoms with E-state index >= 15 is 0 Å². The number of benzene rings is 1. The van der Waals surface area contributed by atoms with Crippen LogP contribution in [0, 0.1) is 6.92 Å². The van der Waals surface area contributed by atoms with E-state index in [0.717, 1.165) is 60.5 Å². The lowest BCUT2D eigenvalue weighted by molar-refractivity contribution is 0.0972. The average Bonchev–Trinajstić information content (AvgIpc) is 2.64. The van der Waals surface area contributed by atoms with Gasteiger partial charge in [-0.15, -0.1) is 0 Å². The molecule has 0 amide bonds. The number of para-hydroxylation sites is 1. The van der Waals surface area contributed by atoms with Gasteiger partial charge in [-0.05, 0) is 44.0 Å². The summed E-state index contributed by atoms with van der Waals surface area (Å²) in [5, 5.41) is 1.10. The molecule has 1 saturated heterocycles. The Balaban J connectivity index is 1.41. The van der Waals surface area contributed by atoms with Crippen LogP contribution in [0.15, 0.2) is 54.7 Å². The molecular weight excluding hydrogens is 310 g/mol. The second-order valence-corrected chi connectivity index (χ2v) is 6.69. The molecule has 1 aliphatic rings. The van der Waals surface area contributed by atoms with Crippen LogP contribution in [0.2, 0.25) is 0 Å². The first-order chi connectivity index (χ1) is 12.3. The Morgan fingerprint density at radius 3 is 2.68 bits per heavy atom. The Morgan fingerprint density at radius 1 is 1.08 bits per heavy atom. The summed E-state index contributed by atoms with van der Waals surface area (Å²) < 4.78 is 6.37. The first-order valence-electron chi connectivity index (χ1n) is 8.93. The molecular formula is C21H23N3O. The fourth-order valence-corrected chi connectivity index (χ4v) is 3.45. The lowest BCUT2D eigenvalue weighted by atomic mass is 10.1. The monoisotopic (exact) mass is 333 g/mol. The van der Waals surface area contributed by atoms with Crippen molar-refractivity contribution in [3.63, 3.8) is 0 Å². The predicted octanol–water partition coefficient (Wildman–Crippen LogP) is 3.98. The van der Waals surface area contributed by atoms with Crippen molar-refractivity contribution in [3.05, 3.63) is 66.1 Å². The lowest BCUT2D eigenvalue weighted by Crippen LogP contribution is -2.38. The Hall–Kier alpha value is -2.46. The van der Waals surface area contributed by atoms with Crippen LogP contribution in [0.3, 0.4) is 0 Å². The van der Waals surface area contributed by atoms with Gasteiger partial charge in [-0.2, -0.15) is 0 Å². The van der Waals surface area contributed by atoms with Gasteiger partial charge in [-0.1, -0.05) is 18.2 Å². The SMILES string of the molecule is Cc1cc(OC2CCN(Cc3ccccn3)CC2)c2ccccc2n1. The van der Waals surface area contributed by atoms with E-state index in [1.54, 1.807) is 0 Å². The number of nitrogens with zero attached hydrogens (tertiary/aromatic N) is 3. The van der Waals surface area contributed by atoms with Gasteiger partial charge in [0.25, 0.3) is 0 Å². The predicted molar refractivity (Wildman–Crippen MR) is 99.6 cm³/mol. The highest BCUT2D eigenvalue weighted by molar-refractivity contribution is 5.85. The zero-order valence-electron chi connectivity index (χ0n) is 14.6. The molecule has 25 heavy (non-hydrogen) atoms. The minimum absolute atomic E-state index is 0.269. The number of fused-ring (bicyclic) bond motifs is 1. The maximum absolute atomic E-state index is 6.37. The molecule has 2 aromatic heterocycles. The summed E-state index contributed by atoms with van der Waals surface area (Å²) >= 11 is 0. The number of hydrogen-bond donors (Lipinski definition) is 0. The molecule has 0 saturated carbocycles. The number of pyridine rings is 2. The standard InChI is InChI=1S/C21H23N3O/c1-16-14-21(19-7-2-3-8-20(19)23-16)25-18-9-12-24(13-10-18)15-17-6-4-5-11-22-17/h2-8,11,14,18H,9-10,12-13,15H2,1H3. The molecule has 4 heteroatoms. The van der Waals surface area contributed by atoms with E-state index in [4.69, 9.17) is 4.74 Å². The van der Waals surface area contributed by atoms with Gasteiger partial charge in [0, 0.05) is 43.0 Å². The lowest BCUT2D eigenvalue weighted by Gasteiger charge is -2.32. The highest BCUT2D eigenvalue weighted by atomic mass is 16.5. The zero-order chi connectivity index (χ0) is 17.1. The average molecular weight is 333 g/mol. The summed E-state index contributed by atoms with van der Waals surface area (Å²) in [4.78, 5) is 11.5. The molecule has 1 aromatic carbocycles. The molecule has 4 nitrogen and oxygen atoms in total. The van der Waals surface area contributed by atoms with Crippen molar-refractivity contribution in [1.82, 2.24) is 14.9 Å².